The fourth-order valence-corrected chi connectivity index (χ4v) is 2.81. The number of carbonyl (C=O) groups is 2. The Kier molecular flexibility index (Phi) is 6.41. The summed E-state index contributed by atoms with van der Waals surface area (Å²) in [4.78, 5) is 24.6. The Labute approximate surface area is 124 Å². The molecule has 1 fully saturated rings. The maximum Gasteiger partial charge on any atom is 0.326 e. The molecule has 0 saturated carbocycles. The lowest BCUT2D eigenvalue weighted by molar-refractivity contribution is -0.139. The summed E-state index contributed by atoms with van der Waals surface area (Å²) in [5.41, 5.74) is 0. The van der Waals surface area contributed by atoms with E-state index in [4.69, 9.17) is 9.84 Å². The lowest BCUT2D eigenvalue weighted by Crippen LogP contribution is -2.52. The minimum atomic E-state index is -3.27. The molecular weight excluding hydrogens is 300 g/mol. The number of sulfone groups is 1. The van der Waals surface area contributed by atoms with Crippen molar-refractivity contribution >= 4 is 21.8 Å². The van der Waals surface area contributed by atoms with Crippen LogP contribution in [0.4, 0.5) is 4.79 Å². The molecule has 1 saturated heterocycles. The number of nitrogens with one attached hydrogen (secondary N) is 1. The Morgan fingerprint density at radius 1 is 1.48 bits per heavy atom. The van der Waals surface area contributed by atoms with E-state index in [1.807, 2.05) is 0 Å². The first-order valence-electron chi connectivity index (χ1n) is 6.71. The standard InChI is InChI=1S/C12H22N2O6S/c1-20-9-4-3-6-14(8-9)12(17)13-10(11(15)16)5-7-21(2,18)19/h9-10H,3-8H2,1-2H3,(H,13,17)(H,15,16). The van der Waals surface area contributed by atoms with Gasteiger partial charge < -0.3 is 20.1 Å². The Morgan fingerprint density at radius 2 is 2.14 bits per heavy atom. The second-order valence-corrected chi connectivity index (χ2v) is 7.46. The van der Waals surface area contributed by atoms with E-state index < -0.39 is 27.9 Å². The number of amides is 2. The summed E-state index contributed by atoms with van der Waals surface area (Å²) in [7, 11) is -1.71. The molecule has 9 heteroatoms. The van der Waals surface area contributed by atoms with E-state index >= 15 is 0 Å². The summed E-state index contributed by atoms with van der Waals surface area (Å²) in [6.07, 6.45) is 2.47. The number of nitrogens with zero attached hydrogens (tertiary/aromatic N) is 1. The summed E-state index contributed by atoms with van der Waals surface area (Å²) < 4.78 is 27.4. The maximum atomic E-state index is 12.0. The van der Waals surface area contributed by atoms with Gasteiger partial charge in [0.1, 0.15) is 15.9 Å². The molecule has 2 atom stereocenters. The number of rotatable bonds is 6. The summed E-state index contributed by atoms with van der Waals surface area (Å²) >= 11 is 0. The van der Waals surface area contributed by atoms with Gasteiger partial charge in [-0.05, 0) is 19.3 Å². The van der Waals surface area contributed by atoms with E-state index in [1.165, 1.54) is 4.90 Å². The first kappa shape index (κ1) is 17.7. The lowest BCUT2D eigenvalue weighted by Gasteiger charge is -2.32. The number of hydrogen-bond donors (Lipinski definition) is 2. The summed E-state index contributed by atoms with van der Waals surface area (Å²) in [5.74, 6) is -1.53. The number of hydrogen-bond acceptors (Lipinski definition) is 5. The van der Waals surface area contributed by atoms with Gasteiger partial charge in [0.2, 0.25) is 0 Å². The zero-order valence-electron chi connectivity index (χ0n) is 12.2. The number of methoxy groups -OCH3 is 1. The largest absolute Gasteiger partial charge is 0.480 e. The van der Waals surface area contributed by atoms with Gasteiger partial charge in [0.25, 0.3) is 0 Å². The van der Waals surface area contributed by atoms with Crippen molar-refractivity contribution in [3.05, 3.63) is 0 Å². The third kappa shape index (κ3) is 6.30. The van der Waals surface area contributed by atoms with E-state index in [0.717, 1.165) is 19.1 Å². The maximum absolute atomic E-state index is 12.0. The van der Waals surface area contributed by atoms with E-state index in [1.54, 1.807) is 7.11 Å². The highest BCUT2D eigenvalue weighted by atomic mass is 32.2. The molecule has 0 aromatic heterocycles. The van der Waals surface area contributed by atoms with Crippen molar-refractivity contribution in [1.29, 1.82) is 0 Å². The smallest absolute Gasteiger partial charge is 0.326 e. The molecule has 1 heterocycles. The monoisotopic (exact) mass is 322 g/mol. The first-order valence-corrected chi connectivity index (χ1v) is 8.77. The highest BCUT2D eigenvalue weighted by Gasteiger charge is 2.27. The highest BCUT2D eigenvalue weighted by Crippen LogP contribution is 2.12. The van der Waals surface area contributed by atoms with Crippen molar-refractivity contribution in [2.45, 2.75) is 31.4 Å². The van der Waals surface area contributed by atoms with Gasteiger partial charge in [-0.3, -0.25) is 0 Å². The Balaban J connectivity index is 2.57. The normalized spacial score (nSPS) is 20.9. The number of carbonyl (C=O) groups excluding carboxylic acids is 1. The van der Waals surface area contributed by atoms with Crippen molar-refractivity contribution in [2.75, 3.05) is 32.2 Å². The fraction of sp³-hybridized carbons (Fsp3) is 0.833. The number of urea groups is 1. The van der Waals surface area contributed by atoms with Crippen molar-refractivity contribution in [3.63, 3.8) is 0 Å². The van der Waals surface area contributed by atoms with Gasteiger partial charge in [0.05, 0.1) is 11.9 Å². The van der Waals surface area contributed by atoms with Crippen LogP contribution < -0.4 is 5.32 Å². The fourth-order valence-electron chi connectivity index (χ4n) is 2.14. The molecule has 8 nitrogen and oxygen atoms in total. The highest BCUT2D eigenvalue weighted by molar-refractivity contribution is 7.90. The second-order valence-electron chi connectivity index (χ2n) is 5.20. The summed E-state index contributed by atoms with van der Waals surface area (Å²) in [6, 6.07) is -1.72. The van der Waals surface area contributed by atoms with Crippen LogP contribution in [0.1, 0.15) is 19.3 Å². The first-order chi connectivity index (χ1) is 9.73. The molecule has 0 bridgehead atoms. The molecule has 0 spiro atoms. The Hall–Kier alpha value is -1.35. The van der Waals surface area contributed by atoms with Gasteiger partial charge in [0, 0.05) is 26.5 Å². The van der Waals surface area contributed by atoms with Crippen LogP contribution in [0.5, 0.6) is 0 Å². The number of carboxylic acids is 1. The van der Waals surface area contributed by atoms with Gasteiger partial charge in [0.15, 0.2) is 0 Å². The average Bonchev–Trinajstić information content (AvgIpc) is 2.41. The van der Waals surface area contributed by atoms with E-state index in [0.29, 0.717) is 13.1 Å². The molecule has 0 radical (unpaired) electrons. The van der Waals surface area contributed by atoms with Gasteiger partial charge in [-0.25, -0.2) is 18.0 Å². The number of piperidine rings is 1. The molecule has 122 valence electrons. The minimum Gasteiger partial charge on any atom is -0.480 e. The van der Waals surface area contributed by atoms with Crippen LogP contribution in [0, 0.1) is 0 Å². The minimum absolute atomic E-state index is 0.0520. The third-order valence-electron chi connectivity index (χ3n) is 3.37. The van der Waals surface area contributed by atoms with E-state index in [-0.39, 0.29) is 18.3 Å². The quantitative estimate of drug-likeness (QED) is 0.694. The predicted octanol–water partition coefficient (Wildman–Crippen LogP) is -0.305. The SMILES string of the molecule is COC1CCCN(C(=O)NC(CCS(C)(=O)=O)C(=O)O)C1. The molecule has 2 amide bonds. The van der Waals surface area contributed by atoms with Gasteiger partial charge in [-0.15, -0.1) is 0 Å². The zero-order valence-corrected chi connectivity index (χ0v) is 13.1. The number of likely N-dealkylation sites (tertiary alicyclic amines) is 1. The summed E-state index contributed by atoms with van der Waals surface area (Å²) in [6.45, 7) is 0.935. The molecule has 0 aliphatic carbocycles. The molecule has 2 unspecified atom stereocenters. The molecule has 1 aliphatic heterocycles. The lowest BCUT2D eigenvalue weighted by atomic mass is 10.1. The van der Waals surface area contributed by atoms with Gasteiger partial charge in [-0.2, -0.15) is 0 Å². The van der Waals surface area contributed by atoms with Crippen molar-refractivity contribution in [1.82, 2.24) is 10.2 Å². The van der Waals surface area contributed by atoms with Crippen LogP contribution in [-0.2, 0) is 19.4 Å². The van der Waals surface area contributed by atoms with Crippen LogP contribution >= 0.6 is 0 Å². The van der Waals surface area contributed by atoms with Gasteiger partial charge >= 0.3 is 12.0 Å². The predicted molar refractivity (Wildman–Crippen MR) is 75.9 cm³/mol. The number of ether oxygens (including phenoxy) is 1. The molecule has 0 aromatic carbocycles. The van der Waals surface area contributed by atoms with E-state index in [9.17, 15) is 18.0 Å². The average molecular weight is 322 g/mol. The summed E-state index contributed by atoms with van der Waals surface area (Å²) in [5, 5.41) is 11.4. The van der Waals surface area contributed by atoms with Crippen molar-refractivity contribution in [2.24, 2.45) is 0 Å². The Morgan fingerprint density at radius 3 is 2.67 bits per heavy atom. The second kappa shape index (κ2) is 7.60. The van der Waals surface area contributed by atoms with E-state index in [2.05, 4.69) is 5.32 Å². The van der Waals surface area contributed by atoms with Crippen LogP contribution in [0.3, 0.4) is 0 Å². The number of aliphatic carboxylic acids is 1. The molecular formula is C12H22N2O6S. The number of carboxylic acid groups (broad SMARTS) is 1. The molecule has 1 aliphatic rings. The van der Waals surface area contributed by atoms with Crippen molar-refractivity contribution in [3.8, 4) is 0 Å². The zero-order chi connectivity index (χ0) is 16.0. The molecule has 0 aromatic rings. The molecule has 21 heavy (non-hydrogen) atoms. The molecule has 1 rings (SSSR count). The third-order valence-corrected chi connectivity index (χ3v) is 4.35. The van der Waals surface area contributed by atoms with Crippen LogP contribution in [0.2, 0.25) is 0 Å². The van der Waals surface area contributed by atoms with Crippen LogP contribution in [0.25, 0.3) is 0 Å². The Bertz CT molecular complexity index is 478. The molecule has 2 N–H and O–H groups in total. The van der Waals surface area contributed by atoms with Crippen LogP contribution in [0.15, 0.2) is 0 Å². The van der Waals surface area contributed by atoms with Crippen molar-refractivity contribution < 1.29 is 27.9 Å². The van der Waals surface area contributed by atoms with Crippen LogP contribution in [-0.4, -0.2) is 74.8 Å². The van der Waals surface area contributed by atoms with Gasteiger partial charge in [-0.1, -0.05) is 0 Å². The topological polar surface area (TPSA) is 113 Å².